The van der Waals surface area contributed by atoms with Gasteiger partial charge in [-0.3, -0.25) is 10.1 Å². The van der Waals surface area contributed by atoms with Crippen LogP contribution >= 0.6 is 11.8 Å². The van der Waals surface area contributed by atoms with Gasteiger partial charge >= 0.3 is 0 Å². The average Bonchev–Trinajstić information content (AvgIpc) is 2.83. The molecule has 0 aliphatic carbocycles. The van der Waals surface area contributed by atoms with Gasteiger partial charge in [0, 0.05) is 11.8 Å². The fourth-order valence-electron chi connectivity index (χ4n) is 1.35. The molecule has 0 radical (unpaired) electrons. The number of hydrogen-bond donors (Lipinski definition) is 1. The molecule has 9 heteroatoms. The van der Waals surface area contributed by atoms with Crippen molar-refractivity contribution in [3.8, 4) is 0 Å². The van der Waals surface area contributed by atoms with E-state index in [1.54, 1.807) is 0 Å². The summed E-state index contributed by atoms with van der Waals surface area (Å²) in [7, 11) is 0. The van der Waals surface area contributed by atoms with Crippen molar-refractivity contribution in [2.24, 2.45) is 5.73 Å². The first kappa shape index (κ1) is 13.4. The second-order valence-corrected chi connectivity index (χ2v) is 4.46. The van der Waals surface area contributed by atoms with E-state index in [2.05, 4.69) is 10.2 Å². The Morgan fingerprint density at radius 2 is 2.21 bits per heavy atom. The van der Waals surface area contributed by atoms with Crippen LogP contribution in [0.25, 0.3) is 0 Å². The molecule has 1 heterocycles. The van der Waals surface area contributed by atoms with E-state index in [1.165, 1.54) is 12.1 Å². The van der Waals surface area contributed by atoms with Crippen LogP contribution < -0.4 is 5.73 Å². The van der Waals surface area contributed by atoms with Crippen LogP contribution in [0, 0.1) is 15.9 Å². The zero-order chi connectivity index (χ0) is 13.8. The number of non-ortho nitro benzene ring substituents is 1. The summed E-state index contributed by atoms with van der Waals surface area (Å²) in [5, 5.41) is 18.3. The first-order valence-electron chi connectivity index (χ1n) is 5.17. The Hall–Kier alpha value is -2.00. The van der Waals surface area contributed by atoms with Crippen molar-refractivity contribution in [3.05, 3.63) is 45.6 Å². The van der Waals surface area contributed by atoms with Crippen molar-refractivity contribution >= 4 is 17.4 Å². The van der Waals surface area contributed by atoms with Crippen molar-refractivity contribution in [3.63, 3.8) is 0 Å². The maximum absolute atomic E-state index is 13.2. The van der Waals surface area contributed by atoms with Crippen molar-refractivity contribution in [1.29, 1.82) is 0 Å². The van der Waals surface area contributed by atoms with Gasteiger partial charge in [-0.15, -0.1) is 10.2 Å². The number of nitrogens with two attached hydrogens (primary N) is 1. The van der Waals surface area contributed by atoms with Crippen LogP contribution in [0.3, 0.4) is 0 Å². The summed E-state index contributed by atoms with van der Waals surface area (Å²) in [6, 6.07) is 3.39. The number of rotatable bonds is 5. The number of thioether (sulfide) groups is 1. The molecule has 7 nitrogen and oxygen atoms in total. The molecule has 2 N–H and O–H groups in total. The van der Waals surface area contributed by atoms with Crippen LogP contribution in [0.15, 0.2) is 27.8 Å². The summed E-state index contributed by atoms with van der Waals surface area (Å²) in [5.74, 6) is -0.0733. The standard InChI is InChI=1S/C10H9FN4O3S/c11-7-1-6(2-8(3-7)15(16)17)5-19-10-14-13-9(4-12)18-10/h1-3H,4-5,12H2. The van der Waals surface area contributed by atoms with Gasteiger partial charge in [0.15, 0.2) is 0 Å². The molecule has 0 aliphatic heterocycles. The van der Waals surface area contributed by atoms with Crippen molar-refractivity contribution in [2.75, 3.05) is 0 Å². The number of halogens is 1. The Balaban J connectivity index is 2.08. The van der Waals surface area contributed by atoms with Crippen LogP contribution in [0.5, 0.6) is 0 Å². The predicted molar refractivity (Wildman–Crippen MR) is 64.8 cm³/mol. The Bertz CT molecular complexity index is 604. The highest BCUT2D eigenvalue weighted by Crippen LogP contribution is 2.24. The van der Waals surface area contributed by atoms with Gasteiger partial charge in [-0.1, -0.05) is 11.8 Å². The monoisotopic (exact) mass is 284 g/mol. The molecule has 0 unspecified atom stereocenters. The number of hydrogen-bond acceptors (Lipinski definition) is 7. The molecule has 0 saturated heterocycles. The molecule has 1 aromatic heterocycles. The van der Waals surface area contributed by atoms with Gasteiger partial charge in [0.2, 0.25) is 5.89 Å². The lowest BCUT2D eigenvalue weighted by atomic mass is 10.2. The van der Waals surface area contributed by atoms with E-state index < -0.39 is 10.7 Å². The number of nitrogens with zero attached hydrogens (tertiary/aromatic N) is 3. The smallest absolute Gasteiger partial charge is 0.276 e. The second-order valence-electron chi connectivity index (χ2n) is 3.53. The Morgan fingerprint density at radius 3 is 2.84 bits per heavy atom. The number of benzene rings is 1. The van der Waals surface area contributed by atoms with Crippen molar-refractivity contribution in [2.45, 2.75) is 17.5 Å². The largest absolute Gasteiger partial charge is 0.415 e. The number of aromatic nitrogens is 2. The molecule has 2 rings (SSSR count). The molecule has 0 amide bonds. The Morgan fingerprint density at radius 1 is 1.42 bits per heavy atom. The van der Waals surface area contributed by atoms with Crippen LogP contribution in [0.4, 0.5) is 10.1 Å². The van der Waals surface area contributed by atoms with Crippen molar-refractivity contribution in [1.82, 2.24) is 10.2 Å². The summed E-state index contributed by atoms with van der Waals surface area (Å²) in [6.07, 6.45) is 0. The molecule has 100 valence electrons. The molecule has 0 saturated carbocycles. The minimum Gasteiger partial charge on any atom is -0.415 e. The molecule has 1 aromatic carbocycles. The van der Waals surface area contributed by atoms with E-state index in [4.69, 9.17) is 10.2 Å². The first-order chi connectivity index (χ1) is 9.08. The fraction of sp³-hybridized carbons (Fsp3) is 0.200. The number of nitro groups is 1. The molecular weight excluding hydrogens is 275 g/mol. The lowest BCUT2D eigenvalue weighted by molar-refractivity contribution is -0.385. The second kappa shape index (κ2) is 5.76. The maximum Gasteiger partial charge on any atom is 0.276 e. The Kier molecular flexibility index (Phi) is 4.07. The molecule has 2 aromatic rings. The summed E-state index contributed by atoms with van der Waals surface area (Å²) in [5.41, 5.74) is 5.49. The molecule has 0 atom stereocenters. The third-order valence-electron chi connectivity index (χ3n) is 2.14. The topological polar surface area (TPSA) is 108 Å². The van der Waals surface area contributed by atoms with Gasteiger partial charge in [0.1, 0.15) is 5.82 Å². The van der Waals surface area contributed by atoms with E-state index in [1.807, 2.05) is 0 Å². The van der Waals surface area contributed by atoms with Gasteiger partial charge in [0.05, 0.1) is 17.5 Å². The summed E-state index contributed by atoms with van der Waals surface area (Å²) >= 11 is 1.15. The lowest BCUT2D eigenvalue weighted by Crippen LogP contribution is -1.95. The molecule has 0 aliphatic rings. The number of nitro benzene ring substituents is 1. The average molecular weight is 284 g/mol. The zero-order valence-electron chi connectivity index (χ0n) is 9.58. The third kappa shape index (κ3) is 3.48. The first-order valence-corrected chi connectivity index (χ1v) is 6.16. The highest BCUT2D eigenvalue weighted by atomic mass is 32.2. The highest BCUT2D eigenvalue weighted by molar-refractivity contribution is 7.98. The van der Waals surface area contributed by atoms with Gasteiger partial charge in [-0.25, -0.2) is 4.39 Å². The normalized spacial score (nSPS) is 10.6. The fourth-order valence-corrected chi connectivity index (χ4v) is 2.06. The molecule has 19 heavy (non-hydrogen) atoms. The molecule has 0 fully saturated rings. The van der Waals surface area contributed by atoms with Crippen LogP contribution in [0.1, 0.15) is 11.5 Å². The highest BCUT2D eigenvalue weighted by Gasteiger charge is 2.11. The maximum atomic E-state index is 13.2. The Labute approximate surface area is 111 Å². The van der Waals surface area contributed by atoms with Crippen LogP contribution in [-0.2, 0) is 12.3 Å². The molecule has 0 bridgehead atoms. The van der Waals surface area contributed by atoms with E-state index in [0.29, 0.717) is 11.5 Å². The minimum atomic E-state index is -0.655. The van der Waals surface area contributed by atoms with Crippen molar-refractivity contribution < 1.29 is 13.7 Å². The summed E-state index contributed by atoms with van der Waals surface area (Å²) in [6.45, 7) is 0.138. The molecular formula is C10H9FN4O3S. The van der Waals surface area contributed by atoms with Gasteiger partial charge < -0.3 is 10.2 Å². The van der Waals surface area contributed by atoms with Crippen LogP contribution in [0.2, 0.25) is 0 Å². The van der Waals surface area contributed by atoms with E-state index >= 15 is 0 Å². The van der Waals surface area contributed by atoms with E-state index in [9.17, 15) is 14.5 Å². The van der Waals surface area contributed by atoms with Gasteiger partial charge in [-0.2, -0.15) is 0 Å². The van der Waals surface area contributed by atoms with E-state index in [0.717, 1.165) is 17.8 Å². The lowest BCUT2D eigenvalue weighted by Gasteiger charge is -1.99. The van der Waals surface area contributed by atoms with E-state index in [-0.39, 0.29) is 23.2 Å². The van der Waals surface area contributed by atoms with Gasteiger partial charge in [0.25, 0.3) is 10.9 Å². The molecule has 0 spiro atoms. The SMILES string of the molecule is NCc1nnc(SCc2cc(F)cc([N+](=O)[O-])c2)o1. The van der Waals surface area contributed by atoms with Crippen LogP contribution in [-0.4, -0.2) is 15.1 Å². The predicted octanol–water partition coefficient (Wildman–Crippen LogP) is 1.87. The minimum absolute atomic E-state index is 0.138. The quantitative estimate of drug-likeness (QED) is 0.507. The summed E-state index contributed by atoms with van der Waals surface area (Å²) < 4.78 is 18.3. The van der Waals surface area contributed by atoms with Gasteiger partial charge in [-0.05, 0) is 11.6 Å². The summed E-state index contributed by atoms with van der Waals surface area (Å²) in [4.78, 5) is 9.96. The zero-order valence-corrected chi connectivity index (χ0v) is 10.4. The third-order valence-corrected chi connectivity index (χ3v) is 3.03.